The Labute approximate surface area is 101 Å². The lowest BCUT2D eigenvalue weighted by molar-refractivity contribution is 0.160. The maximum absolute atomic E-state index is 11.5. The van der Waals surface area contributed by atoms with Gasteiger partial charge in [0.1, 0.15) is 0 Å². The number of carbonyl (C=O) groups is 1. The van der Waals surface area contributed by atoms with Crippen LogP contribution in [0.3, 0.4) is 0 Å². The normalized spacial score (nSPS) is 18.0. The van der Waals surface area contributed by atoms with Gasteiger partial charge in [0.15, 0.2) is 0 Å². The van der Waals surface area contributed by atoms with Gasteiger partial charge in [-0.25, -0.2) is 4.79 Å². The van der Waals surface area contributed by atoms with Crippen molar-refractivity contribution in [2.45, 2.75) is 19.3 Å². The fourth-order valence-corrected chi connectivity index (χ4v) is 1.90. The van der Waals surface area contributed by atoms with Gasteiger partial charge in [0, 0.05) is 5.69 Å². The summed E-state index contributed by atoms with van der Waals surface area (Å²) in [4.78, 5) is 11.5. The molecule has 0 fully saturated rings. The van der Waals surface area contributed by atoms with Gasteiger partial charge >= 0.3 is 6.09 Å². The van der Waals surface area contributed by atoms with E-state index >= 15 is 0 Å². The molecule has 2 rings (SSSR count). The molecule has 1 aromatic rings. The molecule has 17 heavy (non-hydrogen) atoms. The minimum atomic E-state index is -0.363. The van der Waals surface area contributed by atoms with Crippen molar-refractivity contribution in [1.82, 2.24) is 5.32 Å². The van der Waals surface area contributed by atoms with Gasteiger partial charge < -0.3 is 10.1 Å². The van der Waals surface area contributed by atoms with Crippen LogP contribution in [0.4, 0.5) is 10.5 Å². The van der Waals surface area contributed by atoms with Crippen LogP contribution in [-0.4, -0.2) is 25.8 Å². The number of fused-ring (bicyclic) bond motifs is 1. The van der Waals surface area contributed by atoms with E-state index in [4.69, 9.17) is 4.74 Å². The molecule has 1 amide bonds. The lowest BCUT2D eigenvalue weighted by Crippen LogP contribution is -2.22. The molecule has 0 aromatic heterocycles. The second-order valence-corrected chi connectivity index (χ2v) is 4.13. The minimum absolute atomic E-state index is 0.363. The Bertz CT molecular complexity index is 379. The highest BCUT2D eigenvalue weighted by atomic mass is 16.5. The Balaban J connectivity index is 2.08. The Morgan fingerprint density at radius 1 is 1.12 bits per heavy atom. The minimum Gasteiger partial charge on any atom is -0.449 e. The maximum atomic E-state index is 11.5. The first-order valence-corrected chi connectivity index (χ1v) is 6.08. The summed E-state index contributed by atoms with van der Waals surface area (Å²) in [7, 11) is 0. The maximum Gasteiger partial charge on any atom is 0.411 e. The monoisotopic (exact) mass is 234 g/mol. The van der Waals surface area contributed by atoms with Gasteiger partial charge in [-0.3, -0.25) is 5.32 Å². The number of amides is 1. The smallest absolute Gasteiger partial charge is 0.411 e. The van der Waals surface area contributed by atoms with Crippen LogP contribution in [0.15, 0.2) is 24.3 Å². The van der Waals surface area contributed by atoms with Crippen molar-refractivity contribution in [3.8, 4) is 0 Å². The van der Waals surface area contributed by atoms with E-state index in [1.165, 1.54) is 0 Å². The molecule has 0 spiro atoms. The highest BCUT2D eigenvalue weighted by Crippen LogP contribution is 2.17. The molecular formula is C13H18N2O2. The molecule has 0 bridgehead atoms. The zero-order chi connectivity index (χ0) is 11.9. The summed E-state index contributed by atoms with van der Waals surface area (Å²) in [6, 6.07) is 7.87. The van der Waals surface area contributed by atoms with Crippen LogP contribution in [0.25, 0.3) is 0 Å². The van der Waals surface area contributed by atoms with E-state index in [9.17, 15) is 4.79 Å². The predicted molar refractivity (Wildman–Crippen MR) is 67.2 cm³/mol. The van der Waals surface area contributed by atoms with Crippen LogP contribution in [-0.2, 0) is 11.2 Å². The summed E-state index contributed by atoms with van der Waals surface area (Å²) in [6.07, 6.45) is 2.53. The fourth-order valence-electron chi connectivity index (χ4n) is 1.90. The largest absolute Gasteiger partial charge is 0.449 e. The van der Waals surface area contributed by atoms with Gasteiger partial charge in [-0.1, -0.05) is 18.2 Å². The van der Waals surface area contributed by atoms with Crippen molar-refractivity contribution in [1.29, 1.82) is 0 Å². The number of anilines is 1. The number of carbonyl (C=O) groups excluding carboxylic acids is 1. The van der Waals surface area contributed by atoms with Crippen LogP contribution >= 0.6 is 0 Å². The van der Waals surface area contributed by atoms with E-state index in [1.54, 1.807) is 0 Å². The SMILES string of the molecule is O=C1Nc2ccccc2CCCNCCCO1. The lowest BCUT2D eigenvalue weighted by atomic mass is 10.1. The Morgan fingerprint density at radius 2 is 1.94 bits per heavy atom. The number of aryl methyl sites for hydroxylation is 1. The van der Waals surface area contributed by atoms with Crippen molar-refractivity contribution in [3.63, 3.8) is 0 Å². The third-order valence-corrected chi connectivity index (χ3v) is 2.78. The molecule has 92 valence electrons. The molecule has 1 aliphatic heterocycles. The highest BCUT2D eigenvalue weighted by molar-refractivity contribution is 5.85. The van der Waals surface area contributed by atoms with Crippen LogP contribution in [0.1, 0.15) is 18.4 Å². The first-order chi connectivity index (χ1) is 8.36. The van der Waals surface area contributed by atoms with Crippen molar-refractivity contribution >= 4 is 11.8 Å². The number of hydrogen-bond acceptors (Lipinski definition) is 3. The van der Waals surface area contributed by atoms with Gasteiger partial charge in [-0.05, 0) is 44.0 Å². The first-order valence-electron chi connectivity index (χ1n) is 6.08. The van der Waals surface area contributed by atoms with E-state index in [0.29, 0.717) is 6.61 Å². The quantitative estimate of drug-likeness (QED) is 0.723. The number of hydrogen-bond donors (Lipinski definition) is 2. The number of para-hydroxylation sites is 1. The third kappa shape index (κ3) is 3.75. The van der Waals surface area contributed by atoms with E-state index in [2.05, 4.69) is 10.6 Å². The molecule has 0 unspecified atom stereocenters. The number of cyclic esters (lactones) is 1. The van der Waals surface area contributed by atoms with E-state index in [0.717, 1.165) is 43.6 Å². The van der Waals surface area contributed by atoms with Crippen molar-refractivity contribution in [2.24, 2.45) is 0 Å². The van der Waals surface area contributed by atoms with Gasteiger partial charge in [0.2, 0.25) is 0 Å². The predicted octanol–water partition coefficient (Wildman–Crippen LogP) is 2.16. The van der Waals surface area contributed by atoms with E-state index in [-0.39, 0.29) is 6.09 Å². The summed E-state index contributed by atoms with van der Waals surface area (Å²) in [6.45, 7) is 2.36. The number of nitrogens with one attached hydrogen (secondary N) is 2. The van der Waals surface area contributed by atoms with Crippen molar-refractivity contribution < 1.29 is 9.53 Å². The van der Waals surface area contributed by atoms with Crippen LogP contribution in [0.5, 0.6) is 0 Å². The van der Waals surface area contributed by atoms with Crippen LogP contribution in [0.2, 0.25) is 0 Å². The number of ether oxygens (including phenoxy) is 1. The van der Waals surface area contributed by atoms with Crippen molar-refractivity contribution in [3.05, 3.63) is 29.8 Å². The van der Waals surface area contributed by atoms with E-state index < -0.39 is 0 Å². The summed E-state index contributed by atoms with van der Waals surface area (Å²) < 4.78 is 5.08. The second kappa shape index (κ2) is 6.25. The Hall–Kier alpha value is -1.55. The third-order valence-electron chi connectivity index (χ3n) is 2.78. The molecule has 0 radical (unpaired) electrons. The van der Waals surface area contributed by atoms with Crippen molar-refractivity contribution in [2.75, 3.05) is 25.0 Å². The number of benzene rings is 1. The molecule has 0 saturated carbocycles. The summed E-state index contributed by atoms with van der Waals surface area (Å²) >= 11 is 0. The summed E-state index contributed by atoms with van der Waals surface area (Å²) in [5.74, 6) is 0. The van der Waals surface area contributed by atoms with Gasteiger partial charge in [-0.2, -0.15) is 0 Å². The van der Waals surface area contributed by atoms with Crippen LogP contribution < -0.4 is 10.6 Å². The molecule has 0 atom stereocenters. The molecule has 0 aliphatic carbocycles. The molecule has 4 nitrogen and oxygen atoms in total. The van der Waals surface area contributed by atoms with Gasteiger partial charge in [0.05, 0.1) is 6.61 Å². The molecule has 1 aliphatic rings. The Kier molecular flexibility index (Phi) is 4.38. The molecule has 0 saturated heterocycles. The molecule has 1 heterocycles. The molecule has 2 N–H and O–H groups in total. The zero-order valence-corrected chi connectivity index (χ0v) is 9.87. The Morgan fingerprint density at radius 3 is 2.88 bits per heavy atom. The van der Waals surface area contributed by atoms with Crippen LogP contribution in [0, 0.1) is 0 Å². The summed E-state index contributed by atoms with van der Waals surface area (Å²) in [5.41, 5.74) is 2.02. The summed E-state index contributed by atoms with van der Waals surface area (Å²) in [5, 5.41) is 6.13. The van der Waals surface area contributed by atoms with E-state index in [1.807, 2.05) is 24.3 Å². The fraction of sp³-hybridized carbons (Fsp3) is 0.462. The van der Waals surface area contributed by atoms with Gasteiger partial charge in [-0.15, -0.1) is 0 Å². The zero-order valence-electron chi connectivity index (χ0n) is 9.87. The molecule has 1 aromatic carbocycles. The topological polar surface area (TPSA) is 50.4 Å². The second-order valence-electron chi connectivity index (χ2n) is 4.13. The molecular weight excluding hydrogens is 216 g/mol. The molecule has 4 heteroatoms. The highest BCUT2D eigenvalue weighted by Gasteiger charge is 2.08. The number of rotatable bonds is 0. The average molecular weight is 234 g/mol. The standard InChI is InChI=1S/C13H18N2O2/c16-13-15-12-7-2-1-5-11(12)6-3-8-14-9-4-10-17-13/h1-2,5,7,14H,3-4,6,8-10H2,(H,15,16). The van der Waals surface area contributed by atoms with Gasteiger partial charge in [0.25, 0.3) is 0 Å². The first kappa shape index (κ1) is 11.9. The lowest BCUT2D eigenvalue weighted by Gasteiger charge is -2.13. The average Bonchev–Trinajstić information content (AvgIpc) is 2.32.